The molecular formula is C12H14O3. The third kappa shape index (κ3) is 1.63. The number of carboxylic acids is 1. The van der Waals surface area contributed by atoms with Gasteiger partial charge < -0.3 is 9.84 Å². The first kappa shape index (κ1) is 10.2. The van der Waals surface area contributed by atoms with Crippen LogP contribution in [0.25, 0.3) is 0 Å². The zero-order valence-corrected chi connectivity index (χ0v) is 8.81. The summed E-state index contributed by atoms with van der Waals surface area (Å²) in [6, 6.07) is 7.60. The molecule has 3 nitrogen and oxygen atoms in total. The Hall–Kier alpha value is -1.35. The number of rotatable bonds is 1. The number of ether oxygens (including phenoxy) is 1. The van der Waals surface area contributed by atoms with Crippen LogP contribution in [0.5, 0.6) is 0 Å². The van der Waals surface area contributed by atoms with E-state index in [1.807, 2.05) is 31.2 Å². The van der Waals surface area contributed by atoms with E-state index in [1.54, 1.807) is 0 Å². The molecule has 1 aliphatic heterocycles. The second kappa shape index (κ2) is 3.66. The van der Waals surface area contributed by atoms with E-state index in [4.69, 9.17) is 9.84 Å². The number of fused-ring (bicyclic) bond motifs is 1. The second-order valence-corrected chi connectivity index (χ2v) is 3.98. The molecule has 1 N–H and O–H groups in total. The molecule has 80 valence electrons. The number of benzene rings is 1. The Morgan fingerprint density at radius 2 is 1.87 bits per heavy atom. The second-order valence-electron chi connectivity index (χ2n) is 3.98. The summed E-state index contributed by atoms with van der Waals surface area (Å²) < 4.78 is 5.49. The van der Waals surface area contributed by atoms with Gasteiger partial charge >= 0.3 is 5.97 Å². The van der Waals surface area contributed by atoms with Gasteiger partial charge in [-0.05, 0) is 18.1 Å². The molecule has 0 aromatic heterocycles. The standard InChI is InChI=1S/C12H14O3/c1-7-8(2)15-11(12(13)14)10-6-4-3-5-9(7)10/h3-8,11H,1-2H3,(H,13,14). The first-order chi connectivity index (χ1) is 7.11. The van der Waals surface area contributed by atoms with Crippen molar-refractivity contribution in [1.29, 1.82) is 0 Å². The quantitative estimate of drug-likeness (QED) is 0.767. The minimum atomic E-state index is -0.916. The molecule has 1 aliphatic rings. The lowest BCUT2D eigenvalue weighted by atomic mass is 9.86. The van der Waals surface area contributed by atoms with Gasteiger partial charge in [-0.15, -0.1) is 0 Å². The zero-order chi connectivity index (χ0) is 11.0. The molecule has 3 atom stereocenters. The van der Waals surface area contributed by atoms with Gasteiger partial charge in [-0.2, -0.15) is 0 Å². The van der Waals surface area contributed by atoms with Gasteiger partial charge in [0.15, 0.2) is 6.10 Å². The predicted molar refractivity (Wildman–Crippen MR) is 55.8 cm³/mol. The summed E-state index contributed by atoms with van der Waals surface area (Å²) in [5, 5.41) is 9.06. The summed E-state index contributed by atoms with van der Waals surface area (Å²) in [5.41, 5.74) is 1.87. The van der Waals surface area contributed by atoms with Crippen molar-refractivity contribution in [3.05, 3.63) is 35.4 Å². The Labute approximate surface area is 88.7 Å². The Kier molecular flexibility index (Phi) is 2.49. The first-order valence-electron chi connectivity index (χ1n) is 5.08. The van der Waals surface area contributed by atoms with Gasteiger partial charge in [0, 0.05) is 5.92 Å². The first-order valence-corrected chi connectivity index (χ1v) is 5.08. The molecule has 0 fully saturated rings. The molecule has 0 aliphatic carbocycles. The van der Waals surface area contributed by atoms with Crippen LogP contribution in [0.4, 0.5) is 0 Å². The highest BCUT2D eigenvalue weighted by molar-refractivity contribution is 5.75. The van der Waals surface area contributed by atoms with Crippen LogP contribution in [0.3, 0.4) is 0 Å². The summed E-state index contributed by atoms with van der Waals surface area (Å²) in [7, 11) is 0. The van der Waals surface area contributed by atoms with Crippen LogP contribution >= 0.6 is 0 Å². The lowest BCUT2D eigenvalue weighted by Gasteiger charge is -2.33. The van der Waals surface area contributed by atoms with E-state index in [0.29, 0.717) is 0 Å². The SMILES string of the molecule is CC1OC(C(=O)O)c2ccccc2C1C. The Bertz CT molecular complexity index is 386. The molecule has 0 saturated heterocycles. The van der Waals surface area contributed by atoms with E-state index >= 15 is 0 Å². The van der Waals surface area contributed by atoms with Crippen LogP contribution < -0.4 is 0 Å². The predicted octanol–water partition coefficient (Wildman–Crippen LogP) is 2.33. The van der Waals surface area contributed by atoms with Crippen molar-refractivity contribution in [2.24, 2.45) is 0 Å². The highest BCUT2D eigenvalue weighted by Gasteiger charge is 2.34. The third-order valence-electron chi connectivity index (χ3n) is 3.05. The van der Waals surface area contributed by atoms with Gasteiger partial charge in [-0.1, -0.05) is 31.2 Å². The van der Waals surface area contributed by atoms with Crippen molar-refractivity contribution >= 4 is 5.97 Å². The minimum absolute atomic E-state index is 0.0546. The van der Waals surface area contributed by atoms with Gasteiger partial charge in [0.25, 0.3) is 0 Å². The van der Waals surface area contributed by atoms with Crippen LogP contribution in [-0.2, 0) is 9.53 Å². The molecular weight excluding hydrogens is 192 g/mol. The molecule has 15 heavy (non-hydrogen) atoms. The smallest absolute Gasteiger partial charge is 0.337 e. The lowest BCUT2D eigenvalue weighted by molar-refractivity contribution is -0.156. The van der Waals surface area contributed by atoms with Crippen molar-refractivity contribution in [2.45, 2.75) is 32.0 Å². The van der Waals surface area contributed by atoms with Crippen molar-refractivity contribution < 1.29 is 14.6 Å². The van der Waals surface area contributed by atoms with Crippen LogP contribution in [0.2, 0.25) is 0 Å². The maximum atomic E-state index is 11.0. The summed E-state index contributed by atoms with van der Waals surface area (Å²) in [6.07, 6.45) is -0.867. The molecule has 0 saturated carbocycles. The van der Waals surface area contributed by atoms with E-state index in [1.165, 1.54) is 0 Å². The molecule has 2 rings (SSSR count). The normalized spacial score (nSPS) is 29.6. The van der Waals surface area contributed by atoms with Gasteiger partial charge in [-0.3, -0.25) is 0 Å². The maximum Gasteiger partial charge on any atom is 0.337 e. The van der Waals surface area contributed by atoms with Crippen molar-refractivity contribution in [2.75, 3.05) is 0 Å². The van der Waals surface area contributed by atoms with Crippen LogP contribution in [0, 0.1) is 0 Å². The van der Waals surface area contributed by atoms with Crippen molar-refractivity contribution in [3.63, 3.8) is 0 Å². The number of carboxylic acid groups (broad SMARTS) is 1. The molecule has 0 bridgehead atoms. The third-order valence-corrected chi connectivity index (χ3v) is 3.05. The lowest BCUT2D eigenvalue weighted by Crippen LogP contribution is -2.30. The van der Waals surface area contributed by atoms with E-state index in [9.17, 15) is 4.79 Å². The van der Waals surface area contributed by atoms with Gasteiger partial charge in [0.1, 0.15) is 0 Å². The number of hydrogen-bond acceptors (Lipinski definition) is 2. The van der Waals surface area contributed by atoms with Crippen LogP contribution in [0.1, 0.15) is 37.0 Å². The van der Waals surface area contributed by atoms with Crippen molar-refractivity contribution in [1.82, 2.24) is 0 Å². The number of hydrogen-bond donors (Lipinski definition) is 1. The molecule has 1 heterocycles. The maximum absolute atomic E-state index is 11.0. The topological polar surface area (TPSA) is 46.5 Å². The van der Waals surface area contributed by atoms with E-state index in [0.717, 1.165) is 11.1 Å². The Morgan fingerprint density at radius 3 is 2.47 bits per heavy atom. The van der Waals surface area contributed by atoms with E-state index < -0.39 is 12.1 Å². The monoisotopic (exact) mass is 206 g/mol. The fraction of sp³-hybridized carbons (Fsp3) is 0.417. The molecule has 3 unspecified atom stereocenters. The Balaban J connectivity index is 2.49. The van der Waals surface area contributed by atoms with Crippen LogP contribution in [-0.4, -0.2) is 17.2 Å². The fourth-order valence-electron chi connectivity index (χ4n) is 2.01. The molecule has 0 radical (unpaired) electrons. The molecule has 1 aromatic rings. The molecule has 3 heteroatoms. The number of aliphatic carboxylic acids is 1. The number of carbonyl (C=O) groups is 1. The highest BCUT2D eigenvalue weighted by atomic mass is 16.5. The van der Waals surface area contributed by atoms with Gasteiger partial charge in [-0.25, -0.2) is 4.79 Å². The van der Waals surface area contributed by atoms with E-state index in [-0.39, 0.29) is 12.0 Å². The van der Waals surface area contributed by atoms with Gasteiger partial charge in [0.2, 0.25) is 0 Å². The average Bonchev–Trinajstić information content (AvgIpc) is 2.23. The zero-order valence-electron chi connectivity index (χ0n) is 8.81. The average molecular weight is 206 g/mol. The fourth-order valence-corrected chi connectivity index (χ4v) is 2.01. The Morgan fingerprint density at radius 1 is 1.27 bits per heavy atom. The molecule has 0 spiro atoms. The highest BCUT2D eigenvalue weighted by Crippen LogP contribution is 2.37. The summed E-state index contributed by atoms with van der Waals surface area (Å²) in [6.45, 7) is 3.97. The largest absolute Gasteiger partial charge is 0.479 e. The summed E-state index contributed by atoms with van der Waals surface area (Å²) >= 11 is 0. The minimum Gasteiger partial charge on any atom is -0.479 e. The summed E-state index contributed by atoms with van der Waals surface area (Å²) in [5.74, 6) is -0.669. The molecule has 0 amide bonds. The van der Waals surface area contributed by atoms with Gasteiger partial charge in [0.05, 0.1) is 6.10 Å². The van der Waals surface area contributed by atoms with E-state index in [2.05, 4.69) is 6.92 Å². The van der Waals surface area contributed by atoms with Crippen LogP contribution in [0.15, 0.2) is 24.3 Å². The summed E-state index contributed by atoms with van der Waals surface area (Å²) in [4.78, 5) is 11.0. The van der Waals surface area contributed by atoms with Crippen molar-refractivity contribution in [3.8, 4) is 0 Å². The molecule has 1 aromatic carbocycles.